The van der Waals surface area contributed by atoms with Gasteiger partial charge in [-0.25, -0.2) is 4.68 Å². The van der Waals surface area contributed by atoms with Crippen molar-refractivity contribution >= 4 is 5.82 Å². The van der Waals surface area contributed by atoms with E-state index in [0.29, 0.717) is 18.2 Å². The van der Waals surface area contributed by atoms with Crippen molar-refractivity contribution in [3.63, 3.8) is 0 Å². The van der Waals surface area contributed by atoms with E-state index >= 15 is 0 Å². The van der Waals surface area contributed by atoms with Crippen LogP contribution in [0.5, 0.6) is 0 Å². The van der Waals surface area contributed by atoms with Gasteiger partial charge in [-0.1, -0.05) is 19.1 Å². The number of aryl methyl sites for hydroxylation is 1. The fourth-order valence-corrected chi connectivity index (χ4v) is 1.57. The van der Waals surface area contributed by atoms with Gasteiger partial charge >= 0.3 is 0 Å². The zero-order chi connectivity index (χ0) is 11.7. The molecule has 8 heteroatoms. The monoisotopic (exact) mass is 222 g/mol. The second-order valence-electron chi connectivity index (χ2n) is 3.87. The van der Waals surface area contributed by atoms with Crippen LogP contribution in [0.4, 0.5) is 5.82 Å². The predicted molar refractivity (Wildman–Crippen MR) is 56.4 cm³/mol. The first-order valence-corrected chi connectivity index (χ1v) is 4.99. The molecule has 0 unspecified atom stereocenters. The Bertz CT molecular complexity index is 482. The second-order valence-corrected chi connectivity index (χ2v) is 3.87. The van der Waals surface area contributed by atoms with E-state index in [1.807, 2.05) is 13.8 Å². The largest absolute Gasteiger partial charge is 0.381 e. The van der Waals surface area contributed by atoms with Gasteiger partial charge in [-0.2, -0.15) is 4.80 Å². The van der Waals surface area contributed by atoms with Gasteiger partial charge in [-0.15, -0.1) is 15.3 Å². The average Bonchev–Trinajstić information content (AvgIpc) is 2.74. The highest BCUT2D eigenvalue weighted by Gasteiger charge is 2.15. The molecule has 0 aliphatic heterocycles. The summed E-state index contributed by atoms with van der Waals surface area (Å²) in [5.41, 5.74) is 6.64. The summed E-state index contributed by atoms with van der Waals surface area (Å²) in [5.74, 6) is 1.31. The highest BCUT2D eigenvalue weighted by molar-refractivity contribution is 5.35. The molecule has 2 N–H and O–H groups in total. The number of nitrogens with two attached hydrogens (primary N) is 1. The summed E-state index contributed by atoms with van der Waals surface area (Å²) in [5, 5.41) is 19.5. The van der Waals surface area contributed by atoms with Crippen molar-refractivity contribution in [2.24, 2.45) is 7.05 Å². The summed E-state index contributed by atoms with van der Waals surface area (Å²) in [6.07, 6.45) is 0. The van der Waals surface area contributed by atoms with Crippen molar-refractivity contribution in [1.82, 2.24) is 35.2 Å². The van der Waals surface area contributed by atoms with Crippen molar-refractivity contribution in [1.29, 1.82) is 0 Å². The van der Waals surface area contributed by atoms with Gasteiger partial charge in [-0.3, -0.25) is 0 Å². The molecule has 0 saturated heterocycles. The number of nitrogens with zero attached hydrogens (tertiary/aromatic N) is 7. The molecule has 0 atom stereocenters. The SMILES string of the molecule is CC(C)c1c(N)nnn1Cc1nnn(C)n1. The quantitative estimate of drug-likeness (QED) is 0.755. The lowest BCUT2D eigenvalue weighted by Gasteiger charge is -2.07. The standard InChI is InChI=1S/C8H14N8/c1-5(2)7-8(9)11-14-16(7)4-6-10-13-15(3)12-6/h5H,4,9H2,1-3H3. The van der Waals surface area contributed by atoms with Crippen molar-refractivity contribution in [3.05, 3.63) is 11.5 Å². The van der Waals surface area contributed by atoms with Gasteiger partial charge in [0, 0.05) is 0 Å². The van der Waals surface area contributed by atoms with Crippen LogP contribution in [0.15, 0.2) is 0 Å². The maximum atomic E-state index is 5.75. The van der Waals surface area contributed by atoms with E-state index in [9.17, 15) is 0 Å². The lowest BCUT2D eigenvalue weighted by molar-refractivity contribution is 0.575. The highest BCUT2D eigenvalue weighted by atomic mass is 15.6. The van der Waals surface area contributed by atoms with E-state index in [1.165, 1.54) is 4.80 Å². The van der Waals surface area contributed by atoms with Crippen LogP contribution in [-0.2, 0) is 13.6 Å². The number of hydrogen-bond donors (Lipinski definition) is 1. The Kier molecular flexibility index (Phi) is 2.55. The van der Waals surface area contributed by atoms with Crippen LogP contribution in [0, 0.1) is 0 Å². The summed E-state index contributed by atoms with van der Waals surface area (Å²) >= 11 is 0. The lowest BCUT2D eigenvalue weighted by atomic mass is 10.1. The third kappa shape index (κ3) is 1.86. The first-order chi connectivity index (χ1) is 7.58. The van der Waals surface area contributed by atoms with Crippen LogP contribution in [0.2, 0.25) is 0 Å². The molecule has 0 saturated carbocycles. The van der Waals surface area contributed by atoms with E-state index in [0.717, 1.165) is 5.69 Å². The molecule has 2 rings (SSSR count). The van der Waals surface area contributed by atoms with E-state index in [4.69, 9.17) is 5.73 Å². The van der Waals surface area contributed by atoms with Gasteiger partial charge in [0.15, 0.2) is 11.6 Å². The summed E-state index contributed by atoms with van der Waals surface area (Å²) in [6.45, 7) is 4.51. The smallest absolute Gasteiger partial charge is 0.196 e. The average molecular weight is 222 g/mol. The topological polar surface area (TPSA) is 100 Å². The zero-order valence-electron chi connectivity index (χ0n) is 9.49. The van der Waals surface area contributed by atoms with Crippen LogP contribution in [-0.4, -0.2) is 35.2 Å². The molecule has 0 aliphatic carbocycles. The maximum absolute atomic E-state index is 5.75. The van der Waals surface area contributed by atoms with Crippen LogP contribution in [0.3, 0.4) is 0 Å². The second kappa shape index (κ2) is 3.87. The lowest BCUT2D eigenvalue weighted by Crippen LogP contribution is -2.10. The summed E-state index contributed by atoms with van der Waals surface area (Å²) in [7, 11) is 1.72. The first-order valence-electron chi connectivity index (χ1n) is 4.99. The summed E-state index contributed by atoms with van der Waals surface area (Å²) in [6, 6.07) is 0. The molecule has 0 aromatic carbocycles. The number of rotatable bonds is 3. The van der Waals surface area contributed by atoms with Crippen molar-refractivity contribution in [2.75, 3.05) is 5.73 Å². The highest BCUT2D eigenvalue weighted by Crippen LogP contribution is 2.19. The minimum atomic E-state index is 0.256. The number of nitrogen functional groups attached to an aromatic ring is 1. The van der Waals surface area contributed by atoms with Gasteiger partial charge in [-0.05, 0) is 11.1 Å². The molecule has 2 aromatic rings. The van der Waals surface area contributed by atoms with Gasteiger partial charge in [0.05, 0.1) is 12.7 Å². The van der Waals surface area contributed by atoms with Crippen LogP contribution >= 0.6 is 0 Å². The Morgan fingerprint density at radius 3 is 2.56 bits per heavy atom. The third-order valence-electron chi connectivity index (χ3n) is 2.19. The summed E-state index contributed by atoms with van der Waals surface area (Å²) in [4.78, 5) is 1.41. The molecule has 0 radical (unpaired) electrons. The van der Waals surface area contributed by atoms with E-state index in [-0.39, 0.29) is 5.92 Å². The zero-order valence-corrected chi connectivity index (χ0v) is 9.49. The molecule has 0 bridgehead atoms. The molecular weight excluding hydrogens is 208 g/mol. The molecule has 2 heterocycles. The van der Waals surface area contributed by atoms with Gasteiger partial charge in [0.25, 0.3) is 0 Å². The Morgan fingerprint density at radius 1 is 1.25 bits per heavy atom. The first kappa shape index (κ1) is 10.5. The molecule has 0 amide bonds. The Morgan fingerprint density at radius 2 is 2.00 bits per heavy atom. The number of anilines is 1. The minimum Gasteiger partial charge on any atom is -0.381 e. The predicted octanol–water partition coefficient (Wildman–Crippen LogP) is -0.445. The summed E-state index contributed by atoms with van der Waals surface area (Å²) < 4.78 is 1.71. The molecule has 86 valence electrons. The van der Waals surface area contributed by atoms with E-state index in [2.05, 4.69) is 25.7 Å². The fourth-order valence-electron chi connectivity index (χ4n) is 1.57. The van der Waals surface area contributed by atoms with Crippen molar-refractivity contribution < 1.29 is 0 Å². The van der Waals surface area contributed by atoms with Crippen LogP contribution in [0.25, 0.3) is 0 Å². The Labute approximate surface area is 92.4 Å². The van der Waals surface area contributed by atoms with E-state index < -0.39 is 0 Å². The molecule has 16 heavy (non-hydrogen) atoms. The molecule has 2 aromatic heterocycles. The van der Waals surface area contributed by atoms with E-state index in [1.54, 1.807) is 11.7 Å². The number of aromatic nitrogens is 7. The normalized spacial score (nSPS) is 11.2. The van der Waals surface area contributed by atoms with Crippen LogP contribution < -0.4 is 5.73 Å². The van der Waals surface area contributed by atoms with Gasteiger partial charge in [0.1, 0.15) is 6.54 Å². The molecule has 0 spiro atoms. The molecule has 8 nitrogen and oxygen atoms in total. The van der Waals surface area contributed by atoms with Crippen LogP contribution in [0.1, 0.15) is 31.3 Å². The maximum Gasteiger partial charge on any atom is 0.196 e. The molecule has 0 aliphatic rings. The van der Waals surface area contributed by atoms with Gasteiger partial charge < -0.3 is 5.73 Å². The van der Waals surface area contributed by atoms with Crippen molar-refractivity contribution in [2.45, 2.75) is 26.3 Å². The van der Waals surface area contributed by atoms with Crippen molar-refractivity contribution in [3.8, 4) is 0 Å². The number of tetrazole rings is 1. The third-order valence-corrected chi connectivity index (χ3v) is 2.19. The number of hydrogen-bond acceptors (Lipinski definition) is 6. The Hall–Kier alpha value is -1.99. The molecule has 0 fully saturated rings. The molecular formula is C8H14N8. The Balaban J connectivity index is 2.28. The fraction of sp³-hybridized carbons (Fsp3) is 0.625. The van der Waals surface area contributed by atoms with Gasteiger partial charge in [0.2, 0.25) is 0 Å². The minimum absolute atomic E-state index is 0.256.